The van der Waals surface area contributed by atoms with Crippen LogP contribution in [0.5, 0.6) is 5.75 Å². The molecular weight excluding hydrogens is 238 g/mol. The fourth-order valence-corrected chi connectivity index (χ4v) is 2.65. The van der Waals surface area contributed by atoms with Gasteiger partial charge in [-0.3, -0.25) is 0 Å². The third-order valence-corrected chi connectivity index (χ3v) is 3.67. The van der Waals surface area contributed by atoms with E-state index in [2.05, 4.69) is 12.2 Å². The summed E-state index contributed by atoms with van der Waals surface area (Å²) in [6.07, 6.45) is 6.05. The van der Waals surface area contributed by atoms with Gasteiger partial charge in [0.2, 0.25) is 0 Å². The van der Waals surface area contributed by atoms with Crippen LogP contribution in [-0.2, 0) is 11.2 Å². The van der Waals surface area contributed by atoms with Crippen molar-refractivity contribution in [1.82, 2.24) is 5.32 Å². The first-order chi connectivity index (χ1) is 9.28. The molecule has 0 amide bonds. The summed E-state index contributed by atoms with van der Waals surface area (Å²) < 4.78 is 5.74. The molecule has 2 unspecified atom stereocenters. The minimum atomic E-state index is 0.334. The van der Waals surface area contributed by atoms with Gasteiger partial charge >= 0.3 is 0 Å². The number of nitrogens with one attached hydrogen (secondary N) is 1. The molecule has 0 aliphatic carbocycles. The van der Waals surface area contributed by atoms with Crippen molar-refractivity contribution >= 4 is 0 Å². The molecule has 1 heterocycles. The van der Waals surface area contributed by atoms with Gasteiger partial charge in [0, 0.05) is 12.6 Å². The molecule has 1 fully saturated rings. The van der Waals surface area contributed by atoms with Crippen LogP contribution in [0.4, 0.5) is 0 Å². The molecule has 106 valence electrons. The van der Waals surface area contributed by atoms with E-state index >= 15 is 0 Å². The van der Waals surface area contributed by atoms with Gasteiger partial charge in [0.25, 0.3) is 0 Å². The van der Waals surface area contributed by atoms with Crippen LogP contribution in [0.25, 0.3) is 0 Å². The number of ether oxygens (including phenoxy) is 1. The van der Waals surface area contributed by atoms with Crippen LogP contribution in [0.2, 0.25) is 0 Å². The second-order valence-electron chi connectivity index (χ2n) is 5.39. The predicted octanol–water partition coefficient (Wildman–Crippen LogP) is 2.87. The van der Waals surface area contributed by atoms with Gasteiger partial charge in [0.05, 0.1) is 6.10 Å². The number of phenols is 1. The van der Waals surface area contributed by atoms with Crippen LogP contribution < -0.4 is 5.32 Å². The highest BCUT2D eigenvalue weighted by atomic mass is 16.5. The summed E-state index contributed by atoms with van der Waals surface area (Å²) >= 11 is 0. The summed E-state index contributed by atoms with van der Waals surface area (Å²) in [5.41, 5.74) is 1.27. The molecule has 1 saturated heterocycles. The third kappa shape index (κ3) is 4.84. The molecule has 2 rings (SSSR count). The van der Waals surface area contributed by atoms with Crippen molar-refractivity contribution in [3.63, 3.8) is 0 Å². The monoisotopic (exact) mass is 263 g/mol. The van der Waals surface area contributed by atoms with Gasteiger partial charge in [-0.15, -0.1) is 0 Å². The Morgan fingerprint density at radius 3 is 2.79 bits per heavy atom. The van der Waals surface area contributed by atoms with Gasteiger partial charge in [-0.1, -0.05) is 19.1 Å². The number of rotatable bonds is 7. The van der Waals surface area contributed by atoms with E-state index in [-0.39, 0.29) is 0 Å². The highest BCUT2D eigenvalue weighted by Gasteiger charge is 2.20. The molecule has 0 aromatic heterocycles. The Hall–Kier alpha value is -1.06. The number of aromatic hydroxyl groups is 1. The molecule has 0 saturated carbocycles. The van der Waals surface area contributed by atoms with E-state index in [4.69, 9.17) is 4.74 Å². The summed E-state index contributed by atoms with van der Waals surface area (Å²) in [6.45, 7) is 4.16. The Labute approximate surface area is 116 Å². The Balaban J connectivity index is 1.89. The zero-order valence-corrected chi connectivity index (χ0v) is 11.8. The fourth-order valence-electron chi connectivity index (χ4n) is 2.65. The summed E-state index contributed by atoms with van der Waals surface area (Å²) in [6, 6.07) is 8.00. The fraction of sp³-hybridized carbons (Fsp3) is 0.625. The molecular formula is C16H25NO2. The number of hydrogen-bond acceptors (Lipinski definition) is 3. The van der Waals surface area contributed by atoms with Crippen molar-refractivity contribution in [2.45, 2.75) is 51.2 Å². The molecule has 3 heteroatoms. The quantitative estimate of drug-likeness (QED) is 0.795. The van der Waals surface area contributed by atoms with Crippen molar-refractivity contribution in [2.75, 3.05) is 13.2 Å². The molecule has 1 aromatic carbocycles. The van der Waals surface area contributed by atoms with E-state index in [1.807, 2.05) is 12.1 Å². The van der Waals surface area contributed by atoms with Gasteiger partial charge in [0.15, 0.2) is 0 Å². The molecule has 1 aromatic rings. The standard InChI is InChI=1S/C16H25NO2/c1-2-9-17-14(12-16-4-3-10-19-16)11-13-5-7-15(18)8-6-13/h5-8,14,16-18H,2-4,9-12H2,1H3. The lowest BCUT2D eigenvalue weighted by Gasteiger charge is -2.22. The minimum Gasteiger partial charge on any atom is -0.508 e. The van der Waals surface area contributed by atoms with Gasteiger partial charge < -0.3 is 15.2 Å². The maximum absolute atomic E-state index is 9.33. The third-order valence-electron chi connectivity index (χ3n) is 3.67. The average molecular weight is 263 g/mol. The second kappa shape index (κ2) is 7.51. The maximum atomic E-state index is 9.33. The van der Waals surface area contributed by atoms with Crippen LogP contribution in [-0.4, -0.2) is 30.4 Å². The molecule has 19 heavy (non-hydrogen) atoms. The molecule has 0 bridgehead atoms. The van der Waals surface area contributed by atoms with E-state index in [1.54, 1.807) is 12.1 Å². The first-order valence-corrected chi connectivity index (χ1v) is 7.41. The number of benzene rings is 1. The molecule has 2 atom stereocenters. The lowest BCUT2D eigenvalue weighted by Crippen LogP contribution is -2.35. The minimum absolute atomic E-state index is 0.334. The normalized spacial score (nSPS) is 20.6. The predicted molar refractivity (Wildman–Crippen MR) is 77.5 cm³/mol. The molecule has 1 aliphatic heterocycles. The molecule has 2 N–H and O–H groups in total. The van der Waals surface area contributed by atoms with Crippen LogP contribution in [0, 0.1) is 0 Å². The molecule has 0 radical (unpaired) electrons. The van der Waals surface area contributed by atoms with Gasteiger partial charge in [-0.05, 0) is 56.3 Å². The molecule has 3 nitrogen and oxygen atoms in total. The smallest absolute Gasteiger partial charge is 0.115 e. The Morgan fingerprint density at radius 2 is 2.16 bits per heavy atom. The lowest BCUT2D eigenvalue weighted by molar-refractivity contribution is 0.0946. The van der Waals surface area contributed by atoms with Crippen molar-refractivity contribution in [3.8, 4) is 5.75 Å². The Bertz CT molecular complexity index is 358. The SMILES string of the molecule is CCCNC(Cc1ccc(O)cc1)CC1CCCO1. The van der Waals surface area contributed by atoms with Crippen molar-refractivity contribution < 1.29 is 9.84 Å². The first-order valence-electron chi connectivity index (χ1n) is 7.41. The van der Waals surface area contributed by atoms with Crippen LogP contribution in [0.15, 0.2) is 24.3 Å². The average Bonchev–Trinajstić information content (AvgIpc) is 2.91. The maximum Gasteiger partial charge on any atom is 0.115 e. The second-order valence-corrected chi connectivity index (χ2v) is 5.39. The van der Waals surface area contributed by atoms with Gasteiger partial charge in [0.1, 0.15) is 5.75 Å². The number of phenolic OH excluding ortho intramolecular Hbond substituents is 1. The summed E-state index contributed by atoms with van der Waals surface area (Å²) in [5.74, 6) is 0.334. The van der Waals surface area contributed by atoms with Gasteiger partial charge in [-0.2, -0.15) is 0 Å². The summed E-state index contributed by atoms with van der Waals surface area (Å²) in [5, 5.41) is 12.9. The van der Waals surface area contributed by atoms with Crippen molar-refractivity contribution in [2.24, 2.45) is 0 Å². The Kier molecular flexibility index (Phi) is 5.67. The largest absolute Gasteiger partial charge is 0.508 e. The molecule has 0 spiro atoms. The van der Waals surface area contributed by atoms with Crippen molar-refractivity contribution in [3.05, 3.63) is 29.8 Å². The first kappa shape index (κ1) is 14.4. The van der Waals surface area contributed by atoms with Crippen LogP contribution >= 0.6 is 0 Å². The van der Waals surface area contributed by atoms with E-state index in [1.165, 1.54) is 18.4 Å². The Morgan fingerprint density at radius 1 is 1.37 bits per heavy atom. The lowest BCUT2D eigenvalue weighted by atomic mass is 9.99. The van der Waals surface area contributed by atoms with Gasteiger partial charge in [-0.25, -0.2) is 0 Å². The highest BCUT2D eigenvalue weighted by Crippen LogP contribution is 2.19. The zero-order chi connectivity index (χ0) is 13.5. The number of hydrogen-bond donors (Lipinski definition) is 2. The topological polar surface area (TPSA) is 41.5 Å². The van der Waals surface area contributed by atoms with Crippen LogP contribution in [0.1, 0.15) is 38.2 Å². The zero-order valence-electron chi connectivity index (χ0n) is 11.8. The van der Waals surface area contributed by atoms with E-state index in [0.29, 0.717) is 17.9 Å². The van der Waals surface area contributed by atoms with E-state index in [0.717, 1.165) is 32.4 Å². The molecule has 1 aliphatic rings. The van der Waals surface area contributed by atoms with Crippen molar-refractivity contribution in [1.29, 1.82) is 0 Å². The summed E-state index contributed by atoms with van der Waals surface area (Å²) in [4.78, 5) is 0. The van der Waals surface area contributed by atoms with Crippen LogP contribution in [0.3, 0.4) is 0 Å². The highest BCUT2D eigenvalue weighted by molar-refractivity contribution is 5.26. The van der Waals surface area contributed by atoms with E-state index < -0.39 is 0 Å². The van der Waals surface area contributed by atoms with E-state index in [9.17, 15) is 5.11 Å². The summed E-state index contributed by atoms with van der Waals surface area (Å²) in [7, 11) is 0.